The average Bonchev–Trinajstić information content (AvgIpc) is 3.00. The van der Waals surface area contributed by atoms with E-state index in [1.54, 1.807) is 18.2 Å². The van der Waals surface area contributed by atoms with E-state index in [1.807, 2.05) is 74.5 Å². The molecule has 0 saturated carbocycles. The lowest BCUT2D eigenvalue weighted by Gasteiger charge is -2.34. The Morgan fingerprint density at radius 2 is 1.33 bits per heavy atom. The second-order valence-electron chi connectivity index (χ2n) is 10.3. The van der Waals surface area contributed by atoms with Crippen molar-refractivity contribution in [3.05, 3.63) is 130 Å². The molecule has 4 aromatic rings. The lowest BCUT2D eigenvalue weighted by molar-refractivity contribution is -0.140. The van der Waals surface area contributed by atoms with Crippen LogP contribution < -0.4 is 9.62 Å². The molecule has 2 amide bonds. The van der Waals surface area contributed by atoms with Gasteiger partial charge in [0.2, 0.25) is 11.8 Å². The van der Waals surface area contributed by atoms with Gasteiger partial charge in [-0.05, 0) is 55.3 Å². The van der Waals surface area contributed by atoms with Gasteiger partial charge >= 0.3 is 0 Å². The van der Waals surface area contributed by atoms with Crippen molar-refractivity contribution < 1.29 is 18.0 Å². The third kappa shape index (κ3) is 8.38. The maximum atomic E-state index is 14.4. The summed E-state index contributed by atoms with van der Waals surface area (Å²) in [6.07, 6.45) is 0.232. The van der Waals surface area contributed by atoms with Crippen molar-refractivity contribution in [2.45, 2.75) is 43.8 Å². The minimum absolute atomic E-state index is 0.00173. The number of halogens is 2. The molecule has 0 fully saturated rings. The zero-order valence-electron chi connectivity index (χ0n) is 23.9. The molecule has 4 rings (SSSR count). The van der Waals surface area contributed by atoms with Crippen molar-refractivity contribution in [3.8, 4) is 0 Å². The number of amides is 2. The van der Waals surface area contributed by atoms with E-state index in [4.69, 9.17) is 23.2 Å². The van der Waals surface area contributed by atoms with Gasteiger partial charge in [-0.25, -0.2) is 8.42 Å². The molecule has 0 aliphatic carbocycles. The van der Waals surface area contributed by atoms with Crippen molar-refractivity contribution in [2.24, 2.45) is 0 Å². The summed E-state index contributed by atoms with van der Waals surface area (Å²) in [5, 5.41) is 3.32. The number of hydrogen-bond donors (Lipinski definition) is 1. The molecule has 0 aromatic heterocycles. The molecule has 1 atom stereocenters. The van der Waals surface area contributed by atoms with Crippen molar-refractivity contribution >= 4 is 50.7 Å². The molecule has 0 heterocycles. The lowest BCUT2D eigenvalue weighted by atomic mass is 10.0. The third-order valence-corrected chi connectivity index (χ3v) is 9.23. The number of sulfonamides is 1. The summed E-state index contributed by atoms with van der Waals surface area (Å²) in [6, 6.07) is 29.8. The Hall–Kier alpha value is -3.85. The number of rotatable bonds is 12. The zero-order valence-corrected chi connectivity index (χ0v) is 26.2. The van der Waals surface area contributed by atoms with E-state index < -0.39 is 28.5 Å². The molecular weight excluding hydrogens is 605 g/mol. The van der Waals surface area contributed by atoms with E-state index >= 15 is 0 Å². The Labute approximate surface area is 263 Å². The molecule has 0 saturated heterocycles. The van der Waals surface area contributed by atoms with Gasteiger partial charge in [-0.15, -0.1) is 0 Å². The minimum Gasteiger partial charge on any atom is -0.352 e. The van der Waals surface area contributed by atoms with Gasteiger partial charge < -0.3 is 10.2 Å². The highest BCUT2D eigenvalue weighted by Crippen LogP contribution is 2.31. The molecule has 0 unspecified atom stereocenters. The summed E-state index contributed by atoms with van der Waals surface area (Å²) in [5.41, 5.74) is 1.81. The quantitative estimate of drug-likeness (QED) is 0.196. The smallest absolute Gasteiger partial charge is 0.264 e. The van der Waals surface area contributed by atoms with Crippen LogP contribution in [0.5, 0.6) is 0 Å². The lowest BCUT2D eigenvalue weighted by Crippen LogP contribution is -2.54. The largest absolute Gasteiger partial charge is 0.352 e. The van der Waals surface area contributed by atoms with E-state index in [0.717, 1.165) is 15.4 Å². The van der Waals surface area contributed by atoms with Crippen LogP contribution in [0.15, 0.2) is 114 Å². The molecule has 224 valence electrons. The number of carbonyl (C=O) groups excluding carboxylic acids is 2. The summed E-state index contributed by atoms with van der Waals surface area (Å²) in [5.74, 6) is -0.899. The second-order valence-corrected chi connectivity index (χ2v) is 13.0. The van der Waals surface area contributed by atoms with Crippen molar-refractivity contribution in [2.75, 3.05) is 10.8 Å². The van der Waals surface area contributed by atoms with Crippen LogP contribution in [0.3, 0.4) is 0 Å². The summed E-state index contributed by atoms with van der Waals surface area (Å²) in [6.45, 7) is 3.20. The summed E-state index contributed by atoms with van der Waals surface area (Å²) < 4.78 is 29.0. The van der Waals surface area contributed by atoms with Crippen LogP contribution in [0.25, 0.3) is 0 Å². The maximum Gasteiger partial charge on any atom is 0.264 e. The number of benzene rings is 4. The number of hydrogen-bond acceptors (Lipinski definition) is 4. The van der Waals surface area contributed by atoms with E-state index in [0.29, 0.717) is 0 Å². The van der Waals surface area contributed by atoms with Gasteiger partial charge in [0.1, 0.15) is 12.6 Å². The van der Waals surface area contributed by atoms with E-state index in [-0.39, 0.29) is 45.5 Å². The first kappa shape index (κ1) is 32.1. The van der Waals surface area contributed by atoms with Gasteiger partial charge in [0, 0.05) is 19.0 Å². The van der Waals surface area contributed by atoms with Crippen molar-refractivity contribution in [1.82, 2.24) is 10.2 Å². The highest BCUT2D eigenvalue weighted by Gasteiger charge is 2.35. The fourth-order valence-electron chi connectivity index (χ4n) is 4.60. The normalized spacial score (nSPS) is 12.0. The molecule has 1 N–H and O–H groups in total. The first-order chi connectivity index (χ1) is 20.6. The number of nitrogens with one attached hydrogen (secondary N) is 1. The monoisotopic (exact) mass is 637 g/mol. The topological polar surface area (TPSA) is 86.8 Å². The predicted octanol–water partition coefficient (Wildman–Crippen LogP) is 6.35. The Morgan fingerprint density at radius 1 is 0.767 bits per heavy atom. The highest BCUT2D eigenvalue weighted by atomic mass is 35.5. The Balaban J connectivity index is 1.80. The van der Waals surface area contributed by atoms with Crippen molar-refractivity contribution in [1.29, 1.82) is 0 Å². The SMILES string of the molecule is CC(C)NC(=O)[C@H](Cc1ccccc1)N(Cc1ccccc1)C(=O)CN(c1ccc(Cl)c(Cl)c1)S(=O)(=O)c1ccccc1. The van der Waals surface area contributed by atoms with Gasteiger partial charge in [0.15, 0.2) is 0 Å². The van der Waals surface area contributed by atoms with Crippen LogP contribution in [-0.4, -0.2) is 43.8 Å². The van der Waals surface area contributed by atoms with Gasteiger partial charge in [0.25, 0.3) is 10.0 Å². The predicted molar refractivity (Wildman–Crippen MR) is 172 cm³/mol. The van der Waals surface area contributed by atoms with Crippen LogP contribution >= 0.6 is 23.2 Å². The van der Waals surface area contributed by atoms with Crippen LogP contribution in [0.2, 0.25) is 10.0 Å². The standard InChI is InChI=1S/C33H33Cl2N3O4S/c1-24(2)36-33(40)31(20-25-12-6-3-7-13-25)37(22-26-14-8-4-9-15-26)32(39)23-38(27-18-19-29(34)30(35)21-27)43(41,42)28-16-10-5-11-17-28/h3-19,21,24,31H,20,22-23H2,1-2H3,(H,36,40)/t31-/m0/s1. The van der Waals surface area contributed by atoms with Crippen LogP contribution in [0.4, 0.5) is 5.69 Å². The fraction of sp³-hybridized carbons (Fsp3) is 0.212. The van der Waals surface area contributed by atoms with E-state index in [2.05, 4.69) is 5.32 Å². The van der Waals surface area contributed by atoms with Gasteiger partial charge in [0.05, 0.1) is 20.6 Å². The molecular formula is C33H33Cl2N3O4S. The first-order valence-electron chi connectivity index (χ1n) is 13.8. The molecule has 0 radical (unpaired) electrons. The molecule has 10 heteroatoms. The van der Waals surface area contributed by atoms with Gasteiger partial charge in [-0.3, -0.25) is 13.9 Å². The van der Waals surface area contributed by atoms with Crippen LogP contribution in [0.1, 0.15) is 25.0 Å². The molecule has 0 bridgehead atoms. The first-order valence-corrected chi connectivity index (χ1v) is 16.0. The maximum absolute atomic E-state index is 14.4. The third-order valence-electron chi connectivity index (χ3n) is 6.70. The molecule has 7 nitrogen and oxygen atoms in total. The molecule has 0 aliphatic rings. The summed E-state index contributed by atoms with van der Waals surface area (Å²) >= 11 is 12.4. The Kier molecular flexibility index (Phi) is 10.9. The highest BCUT2D eigenvalue weighted by molar-refractivity contribution is 7.92. The zero-order chi connectivity index (χ0) is 31.0. The fourth-order valence-corrected chi connectivity index (χ4v) is 6.32. The Morgan fingerprint density at radius 3 is 1.88 bits per heavy atom. The van der Waals surface area contributed by atoms with Gasteiger partial charge in [-0.2, -0.15) is 0 Å². The average molecular weight is 639 g/mol. The molecule has 43 heavy (non-hydrogen) atoms. The number of anilines is 1. The molecule has 4 aromatic carbocycles. The second kappa shape index (κ2) is 14.6. The van der Waals surface area contributed by atoms with Gasteiger partial charge in [-0.1, -0.05) is 102 Å². The van der Waals surface area contributed by atoms with E-state index in [1.165, 1.54) is 35.2 Å². The minimum atomic E-state index is -4.23. The van der Waals surface area contributed by atoms with Crippen molar-refractivity contribution in [3.63, 3.8) is 0 Å². The number of nitrogens with zero attached hydrogens (tertiary/aromatic N) is 2. The Bertz CT molecular complexity index is 1640. The summed E-state index contributed by atoms with van der Waals surface area (Å²) in [4.78, 5) is 29.5. The number of carbonyl (C=O) groups is 2. The summed E-state index contributed by atoms with van der Waals surface area (Å²) in [7, 11) is -4.23. The van der Waals surface area contributed by atoms with Crippen LogP contribution in [-0.2, 0) is 32.6 Å². The molecule has 0 aliphatic heterocycles. The van der Waals surface area contributed by atoms with E-state index in [9.17, 15) is 18.0 Å². The van der Waals surface area contributed by atoms with Crippen LogP contribution in [0, 0.1) is 0 Å². The molecule has 0 spiro atoms.